The van der Waals surface area contributed by atoms with Crippen LogP contribution in [0.2, 0.25) is 5.02 Å². The summed E-state index contributed by atoms with van der Waals surface area (Å²) in [4.78, 5) is 39.7. The standard InChI is InChI=1S/C29H23ClFN3O3S/c1-17-6-5-7-18(2)27(17)32-26(35)16-34-28(36)25(38-29(34)37)12-20-15-33(24-9-4-3-8-22(20)24)14-19-10-11-21(31)13-23(19)30/h3-13,15H,14,16H2,1-2H3,(H,32,35)/b25-12-. The molecule has 6 nitrogen and oxygen atoms in total. The first-order valence-corrected chi connectivity index (χ1v) is 13.0. The molecule has 2 heterocycles. The Balaban J connectivity index is 1.39. The van der Waals surface area contributed by atoms with Gasteiger partial charge in [0.1, 0.15) is 12.4 Å². The van der Waals surface area contributed by atoms with Crippen molar-refractivity contribution in [2.24, 2.45) is 0 Å². The van der Waals surface area contributed by atoms with E-state index in [0.29, 0.717) is 17.3 Å². The largest absolute Gasteiger partial charge is 0.342 e. The van der Waals surface area contributed by atoms with Crippen molar-refractivity contribution in [3.8, 4) is 0 Å². The summed E-state index contributed by atoms with van der Waals surface area (Å²) in [7, 11) is 0. The van der Waals surface area contributed by atoms with Gasteiger partial charge in [-0.15, -0.1) is 0 Å². The Hall–Kier alpha value is -3.88. The molecule has 4 aromatic rings. The van der Waals surface area contributed by atoms with Gasteiger partial charge in [-0.2, -0.15) is 0 Å². The van der Waals surface area contributed by atoms with Gasteiger partial charge in [0, 0.05) is 39.9 Å². The molecule has 0 radical (unpaired) electrons. The van der Waals surface area contributed by atoms with Crippen LogP contribution in [0.5, 0.6) is 0 Å². The van der Waals surface area contributed by atoms with E-state index in [4.69, 9.17) is 11.6 Å². The Morgan fingerprint density at radius 1 is 1.05 bits per heavy atom. The zero-order chi connectivity index (χ0) is 27.0. The lowest BCUT2D eigenvalue weighted by atomic mass is 10.1. The predicted molar refractivity (Wildman–Crippen MR) is 150 cm³/mol. The molecular formula is C29H23ClFN3O3S. The maximum absolute atomic E-state index is 13.5. The average Bonchev–Trinajstić information content (AvgIpc) is 3.35. The lowest BCUT2D eigenvalue weighted by Crippen LogP contribution is -2.36. The molecule has 1 aromatic heterocycles. The lowest BCUT2D eigenvalue weighted by molar-refractivity contribution is -0.127. The second-order valence-corrected chi connectivity index (χ2v) is 10.4. The fraction of sp³-hybridized carbons (Fsp3) is 0.138. The van der Waals surface area contributed by atoms with Crippen molar-refractivity contribution in [1.29, 1.82) is 0 Å². The van der Waals surface area contributed by atoms with Crippen LogP contribution in [-0.4, -0.2) is 33.1 Å². The topological polar surface area (TPSA) is 71.4 Å². The fourth-order valence-electron chi connectivity index (χ4n) is 4.47. The molecule has 3 amide bonds. The maximum Gasteiger partial charge on any atom is 0.294 e. The number of aryl methyl sites for hydroxylation is 2. The molecule has 0 unspecified atom stereocenters. The van der Waals surface area contributed by atoms with Crippen LogP contribution in [0.1, 0.15) is 22.3 Å². The van der Waals surface area contributed by atoms with Gasteiger partial charge in [-0.1, -0.05) is 54.1 Å². The highest BCUT2D eigenvalue weighted by Gasteiger charge is 2.36. The average molecular weight is 548 g/mol. The second kappa shape index (κ2) is 10.5. The number of thioether (sulfide) groups is 1. The van der Waals surface area contributed by atoms with E-state index in [-0.39, 0.29) is 11.4 Å². The predicted octanol–water partition coefficient (Wildman–Crippen LogP) is 6.77. The highest BCUT2D eigenvalue weighted by molar-refractivity contribution is 8.18. The molecule has 1 aliphatic heterocycles. The number of anilines is 1. The number of hydrogen-bond donors (Lipinski definition) is 1. The summed E-state index contributed by atoms with van der Waals surface area (Å²) in [5.74, 6) is -1.37. The van der Waals surface area contributed by atoms with Crippen LogP contribution < -0.4 is 5.32 Å². The summed E-state index contributed by atoms with van der Waals surface area (Å²) in [6.45, 7) is 3.78. The molecule has 1 saturated heterocycles. The zero-order valence-electron chi connectivity index (χ0n) is 20.6. The molecular weight excluding hydrogens is 525 g/mol. The molecule has 0 atom stereocenters. The first-order valence-electron chi connectivity index (χ1n) is 11.8. The third-order valence-corrected chi connectivity index (χ3v) is 7.64. The highest BCUT2D eigenvalue weighted by atomic mass is 35.5. The van der Waals surface area contributed by atoms with Gasteiger partial charge in [-0.3, -0.25) is 19.3 Å². The van der Waals surface area contributed by atoms with Crippen molar-refractivity contribution in [2.45, 2.75) is 20.4 Å². The van der Waals surface area contributed by atoms with E-state index >= 15 is 0 Å². The highest BCUT2D eigenvalue weighted by Crippen LogP contribution is 2.34. The normalized spacial score (nSPS) is 14.6. The van der Waals surface area contributed by atoms with Crippen LogP contribution in [0.15, 0.2) is 71.8 Å². The molecule has 1 fully saturated rings. The van der Waals surface area contributed by atoms with Gasteiger partial charge in [-0.05, 0) is 66.6 Å². The summed E-state index contributed by atoms with van der Waals surface area (Å²) in [6, 6.07) is 17.6. The lowest BCUT2D eigenvalue weighted by Gasteiger charge is -2.15. The molecule has 5 rings (SSSR count). The number of rotatable bonds is 6. The van der Waals surface area contributed by atoms with E-state index in [0.717, 1.165) is 49.8 Å². The van der Waals surface area contributed by atoms with E-state index in [1.54, 1.807) is 12.1 Å². The van der Waals surface area contributed by atoms with Gasteiger partial charge in [-0.25, -0.2) is 4.39 Å². The Bertz CT molecular complexity index is 1630. The summed E-state index contributed by atoms with van der Waals surface area (Å²) >= 11 is 7.05. The molecule has 1 N–H and O–H groups in total. The summed E-state index contributed by atoms with van der Waals surface area (Å²) in [6.07, 6.45) is 3.53. The number of hydrogen-bond acceptors (Lipinski definition) is 4. The van der Waals surface area contributed by atoms with Gasteiger partial charge in [0.2, 0.25) is 5.91 Å². The third kappa shape index (κ3) is 5.10. The quantitative estimate of drug-likeness (QED) is 0.270. The number of imide groups is 1. The number of benzene rings is 3. The molecule has 0 aliphatic carbocycles. The number of nitrogens with zero attached hydrogens (tertiary/aromatic N) is 2. The van der Waals surface area contributed by atoms with E-state index in [9.17, 15) is 18.8 Å². The van der Waals surface area contributed by atoms with E-state index in [2.05, 4.69) is 5.32 Å². The monoisotopic (exact) mass is 547 g/mol. The number of para-hydroxylation sites is 2. The zero-order valence-corrected chi connectivity index (χ0v) is 22.2. The minimum atomic E-state index is -0.518. The third-order valence-electron chi connectivity index (χ3n) is 6.38. The number of carbonyl (C=O) groups is 3. The smallest absolute Gasteiger partial charge is 0.294 e. The van der Waals surface area contributed by atoms with Gasteiger partial charge in [0.05, 0.1) is 4.91 Å². The van der Waals surface area contributed by atoms with Crippen LogP contribution in [0, 0.1) is 19.7 Å². The first-order chi connectivity index (χ1) is 18.2. The second-order valence-electron chi connectivity index (χ2n) is 9.05. The Morgan fingerprint density at radius 3 is 2.53 bits per heavy atom. The number of nitrogens with one attached hydrogen (secondary N) is 1. The van der Waals surface area contributed by atoms with Crippen molar-refractivity contribution in [3.05, 3.63) is 105 Å². The molecule has 192 valence electrons. The van der Waals surface area contributed by atoms with Crippen molar-refractivity contribution in [1.82, 2.24) is 9.47 Å². The molecule has 9 heteroatoms. The molecule has 38 heavy (non-hydrogen) atoms. The first kappa shape index (κ1) is 25.8. The minimum absolute atomic E-state index is 0.234. The van der Waals surface area contributed by atoms with Crippen LogP contribution in [-0.2, 0) is 16.1 Å². The van der Waals surface area contributed by atoms with Crippen molar-refractivity contribution in [3.63, 3.8) is 0 Å². The molecule has 3 aromatic carbocycles. The van der Waals surface area contributed by atoms with E-state index < -0.39 is 22.9 Å². The van der Waals surface area contributed by atoms with Crippen LogP contribution in [0.25, 0.3) is 17.0 Å². The Labute approximate surface area is 228 Å². The summed E-state index contributed by atoms with van der Waals surface area (Å²) in [5, 5.41) is 3.52. The number of aromatic nitrogens is 1. The molecule has 0 spiro atoms. The molecule has 0 bridgehead atoms. The maximum atomic E-state index is 13.5. The number of carbonyl (C=O) groups excluding carboxylic acids is 3. The van der Waals surface area contributed by atoms with Crippen LogP contribution in [0.4, 0.5) is 14.9 Å². The van der Waals surface area contributed by atoms with Crippen LogP contribution >= 0.6 is 23.4 Å². The molecule has 1 aliphatic rings. The fourth-order valence-corrected chi connectivity index (χ4v) is 5.52. The Morgan fingerprint density at radius 2 is 1.79 bits per heavy atom. The molecule has 0 saturated carbocycles. The van der Waals surface area contributed by atoms with Gasteiger partial charge < -0.3 is 9.88 Å². The SMILES string of the molecule is Cc1cccc(C)c1NC(=O)CN1C(=O)S/C(=C\c2cn(Cc3ccc(F)cc3Cl)c3ccccc23)C1=O. The number of amides is 3. The van der Waals surface area contributed by atoms with Crippen molar-refractivity contribution >= 4 is 63.1 Å². The Kier molecular flexibility index (Phi) is 7.10. The van der Waals surface area contributed by atoms with Gasteiger partial charge in [0.15, 0.2) is 0 Å². The minimum Gasteiger partial charge on any atom is -0.342 e. The van der Waals surface area contributed by atoms with Crippen LogP contribution in [0.3, 0.4) is 0 Å². The summed E-state index contributed by atoms with van der Waals surface area (Å²) < 4.78 is 15.5. The van der Waals surface area contributed by atoms with Crippen molar-refractivity contribution < 1.29 is 18.8 Å². The summed E-state index contributed by atoms with van der Waals surface area (Å²) in [5.41, 5.74) is 4.84. The van der Waals surface area contributed by atoms with Gasteiger partial charge in [0.25, 0.3) is 11.1 Å². The number of halogens is 2. The van der Waals surface area contributed by atoms with Crippen molar-refractivity contribution in [2.75, 3.05) is 11.9 Å². The number of fused-ring (bicyclic) bond motifs is 1. The van der Waals surface area contributed by atoms with E-state index in [1.165, 1.54) is 12.1 Å². The van der Waals surface area contributed by atoms with E-state index in [1.807, 2.05) is 67.1 Å². The van der Waals surface area contributed by atoms with Gasteiger partial charge >= 0.3 is 0 Å².